The average molecular weight is 361 g/mol. The number of carbonyl (C=O) groups is 2. The van der Waals surface area contributed by atoms with Crippen LogP contribution in [0.2, 0.25) is 0 Å². The van der Waals surface area contributed by atoms with Gasteiger partial charge in [-0.3, -0.25) is 9.59 Å². The van der Waals surface area contributed by atoms with E-state index < -0.39 is 0 Å². The SMILES string of the molecule is COc1ccc(C(=O)N2CCN(C(=O)CNCC3CC3)CC2)cc1OC. The van der Waals surface area contributed by atoms with Crippen molar-refractivity contribution in [2.45, 2.75) is 12.8 Å². The summed E-state index contributed by atoms with van der Waals surface area (Å²) in [5.74, 6) is 1.96. The quantitative estimate of drug-likeness (QED) is 0.784. The fraction of sp³-hybridized carbons (Fsp3) is 0.579. The number of ether oxygens (including phenoxy) is 2. The van der Waals surface area contributed by atoms with E-state index in [2.05, 4.69) is 5.32 Å². The molecule has 0 aromatic heterocycles. The second-order valence-electron chi connectivity index (χ2n) is 6.82. The highest BCUT2D eigenvalue weighted by molar-refractivity contribution is 5.95. The molecule has 0 bridgehead atoms. The summed E-state index contributed by atoms with van der Waals surface area (Å²) < 4.78 is 10.5. The van der Waals surface area contributed by atoms with Gasteiger partial charge in [-0.25, -0.2) is 0 Å². The maximum Gasteiger partial charge on any atom is 0.254 e. The van der Waals surface area contributed by atoms with Crippen LogP contribution in [0.25, 0.3) is 0 Å². The minimum atomic E-state index is -0.0510. The number of hydrogen-bond donors (Lipinski definition) is 1. The highest BCUT2D eigenvalue weighted by Crippen LogP contribution is 2.28. The van der Waals surface area contributed by atoms with Crippen molar-refractivity contribution in [1.82, 2.24) is 15.1 Å². The van der Waals surface area contributed by atoms with Gasteiger partial charge in [0.2, 0.25) is 5.91 Å². The van der Waals surface area contributed by atoms with Gasteiger partial charge in [-0.05, 0) is 43.5 Å². The maximum absolute atomic E-state index is 12.7. The van der Waals surface area contributed by atoms with Crippen molar-refractivity contribution < 1.29 is 19.1 Å². The van der Waals surface area contributed by atoms with Crippen LogP contribution in [0.15, 0.2) is 18.2 Å². The van der Waals surface area contributed by atoms with E-state index in [-0.39, 0.29) is 11.8 Å². The number of nitrogens with zero attached hydrogens (tertiary/aromatic N) is 2. The molecule has 0 spiro atoms. The number of nitrogens with one attached hydrogen (secondary N) is 1. The van der Waals surface area contributed by atoms with Gasteiger partial charge in [0.15, 0.2) is 11.5 Å². The zero-order valence-electron chi connectivity index (χ0n) is 15.5. The van der Waals surface area contributed by atoms with E-state index in [0.717, 1.165) is 12.5 Å². The molecule has 1 heterocycles. The average Bonchev–Trinajstić information content (AvgIpc) is 3.51. The van der Waals surface area contributed by atoms with Crippen molar-refractivity contribution in [2.24, 2.45) is 5.92 Å². The molecule has 142 valence electrons. The first-order valence-corrected chi connectivity index (χ1v) is 9.12. The second-order valence-corrected chi connectivity index (χ2v) is 6.82. The predicted octanol–water partition coefficient (Wildman–Crippen LogP) is 0.988. The number of methoxy groups -OCH3 is 2. The summed E-state index contributed by atoms with van der Waals surface area (Å²) in [5.41, 5.74) is 0.563. The third-order valence-corrected chi connectivity index (χ3v) is 4.96. The topological polar surface area (TPSA) is 71.1 Å². The summed E-state index contributed by atoms with van der Waals surface area (Å²) in [7, 11) is 3.11. The number of benzene rings is 1. The molecular formula is C19H27N3O4. The Bertz CT molecular complexity index is 652. The minimum Gasteiger partial charge on any atom is -0.493 e. The Balaban J connectivity index is 1.50. The summed E-state index contributed by atoms with van der Waals surface area (Å²) >= 11 is 0. The van der Waals surface area contributed by atoms with Crippen LogP contribution in [-0.2, 0) is 4.79 Å². The van der Waals surface area contributed by atoms with E-state index in [4.69, 9.17) is 9.47 Å². The summed E-state index contributed by atoms with van der Waals surface area (Å²) in [6.07, 6.45) is 2.55. The van der Waals surface area contributed by atoms with Crippen molar-refractivity contribution in [3.05, 3.63) is 23.8 Å². The molecule has 1 saturated carbocycles. The first-order chi connectivity index (χ1) is 12.6. The minimum absolute atomic E-state index is 0.0510. The fourth-order valence-corrected chi connectivity index (χ4v) is 3.13. The van der Waals surface area contributed by atoms with Gasteiger partial charge < -0.3 is 24.6 Å². The van der Waals surface area contributed by atoms with Crippen molar-refractivity contribution in [2.75, 3.05) is 53.5 Å². The van der Waals surface area contributed by atoms with Crippen molar-refractivity contribution in [3.63, 3.8) is 0 Å². The van der Waals surface area contributed by atoms with E-state index in [1.54, 1.807) is 37.3 Å². The van der Waals surface area contributed by atoms with Crippen LogP contribution in [0.5, 0.6) is 11.5 Å². The molecule has 0 radical (unpaired) electrons. The van der Waals surface area contributed by atoms with Gasteiger partial charge in [-0.15, -0.1) is 0 Å². The molecular weight excluding hydrogens is 334 g/mol. The molecule has 2 aliphatic rings. The molecule has 2 fully saturated rings. The van der Waals surface area contributed by atoms with E-state index in [9.17, 15) is 9.59 Å². The predicted molar refractivity (Wildman–Crippen MR) is 97.6 cm³/mol. The van der Waals surface area contributed by atoms with Crippen LogP contribution in [-0.4, -0.2) is 75.1 Å². The van der Waals surface area contributed by atoms with E-state index >= 15 is 0 Å². The number of carbonyl (C=O) groups excluding carboxylic acids is 2. The van der Waals surface area contributed by atoms with E-state index in [0.29, 0.717) is 49.8 Å². The first-order valence-electron chi connectivity index (χ1n) is 9.12. The molecule has 26 heavy (non-hydrogen) atoms. The molecule has 7 heteroatoms. The van der Waals surface area contributed by atoms with Gasteiger partial charge in [-0.1, -0.05) is 0 Å². The van der Waals surface area contributed by atoms with Crippen molar-refractivity contribution in [3.8, 4) is 11.5 Å². The van der Waals surface area contributed by atoms with Crippen LogP contribution in [0.3, 0.4) is 0 Å². The first kappa shape index (κ1) is 18.5. The van der Waals surface area contributed by atoms with Gasteiger partial charge in [-0.2, -0.15) is 0 Å². The van der Waals surface area contributed by atoms with Gasteiger partial charge >= 0.3 is 0 Å². The Morgan fingerprint density at radius 2 is 1.69 bits per heavy atom. The molecule has 3 rings (SSSR count). The highest BCUT2D eigenvalue weighted by Gasteiger charge is 2.26. The van der Waals surface area contributed by atoms with Crippen molar-refractivity contribution >= 4 is 11.8 Å². The van der Waals surface area contributed by atoms with Gasteiger partial charge in [0.25, 0.3) is 5.91 Å². The van der Waals surface area contributed by atoms with Crippen LogP contribution < -0.4 is 14.8 Å². The Hall–Kier alpha value is -2.28. The third-order valence-electron chi connectivity index (χ3n) is 4.96. The lowest BCUT2D eigenvalue weighted by Gasteiger charge is -2.35. The van der Waals surface area contributed by atoms with Crippen LogP contribution >= 0.6 is 0 Å². The summed E-state index contributed by atoms with van der Waals surface area (Å²) in [6.45, 7) is 3.55. The largest absolute Gasteiger partial charge is 0.493 e. The van der Waals surface area contributed by atoms with Gasteiger partial charge in [0, 0.05) is 31.7 Å². The molecule has 1 aliphatic carbocycles. The summed E-state index contributed by atoms with van der Waals surface area (Å²) in [6, 6.07) is 5.17. The zero-order valence-corrected chi connectivity index (χ0v) is 15.5. The lowest BCUT2D eigenvalue weighted by Crippen LogP contribution is -2.52. The third kappa shape index (κ3) is 4.46. The number of amides is 2. The highest BCUT2D eigenvalue weighted by atomic mass is 16.5. The van der Waals surface area contributed by atoms with Crippen LogP contribution in [0.1, 0.15) is 23.2 Å². The monoisotopic (exact) mass is 361 g/mol. The molecule has 0 atom stereocenters. The molecule has 0 unspecified atom stereocenters. The van der Waals surface area contributed by atoms with E-state index in [1.807, 2.05) is 4.90 Å². The Morgan fingerprint density at radius 3 is 2.31 bits per heavy atom. The van der Waals surface area contributed by atoms with E-state index in [1.165, 1.54) is 12.8 Å². The molecule has 1 saturated heterocycles. The molecule has 2 amide bonds. The number of hydrogen-bond acceptors (Lipinski definition) is 5. The molecule has 1 N–H and O–H groups in total. The lowest BCUT2D eigenvalue weighted by atomic mass is 10.1. The van der Waals surface area contributed by atoms with Crippen LogP contribution in [0, 0.1) is 5.92 Å². The molecule has 7 nitrogen and oxygen atoms in total. The summed E-state index contributed by atoms with van der Waals surface area (Å²) in [5, 5.41) is 3.23. The normalized spacial score (nSPS) is 17.2. The smallest absolute Gasteiger partial charge is 0.254 e. The molecule has 1 aromatic rings. The standard InChI is InChI=1S/C19H27N3O4/c1-25-16-6-5-15(11-17(16)26-2)19(24)22-9-7-21(8-10-22)18(23)13-20-12-14-3-4-14/h5-6,11,14,20H,3-4,7-10,12-13H2,1-2H3. The van der Waals surface area contributed by atoms with Gasteiger partial charge in [0.1, 0.15) is 0 Å². The molecule has 1 aromatic carbocycles. The number of rotatable bonds is 7. The maximum atomic E-state index is 12.7. The fourth-order valence-electron chi connectivity index (χ4n) is 3.13. The number of piperazine rings is 1. The van der Waals surface area contributed by atoms with Crippen LogP contribution in [0.4, 0.5) is 0 Å². The van der Waals surface area contributed by atoms with Gasteiger partial charge in [0.05, 0.1) is 20.8 Å². The summed E-state index contributed by atoms with van der Waals surface area (Å²) in [4.78, 5) is 28.6. The Kier molecular flexibility index (Phi) is 5.98. The Morgan fingerprint density at radius 1 is 1.04 bits per heavy atom. The molecule has 1 aliphatic heterocycles. The second kappa shape index (κ2) is 8.40. The lowest BCUT2D eigenvalue weighted by molar-refractivity contribution is -0.131. The van der Waals surface area contributed by atoms with Crippen molar-refractivity contribution in [1.29, 1.82) is 0 Å². The Labute approximate surface area is 154 Å². The zero-order chi connectivity index (χ0) is 18.5.